The third-order valence-electron chi connectivity index (χ3n) is 5.19. The van der Waals surface area contributed by atoms with E-state index < -0.39 is 0 Å². The Hall–Kier alpha value is -0.580. The van der Waals surface area contributed by atoms with Gasteiger partial charge >= 0.3 is 0 Å². The first-order valence-electron chi connectivity index (χ1n) is 8.23. The molecule has 2 aliphatic heterocycles. The molecule has 3 heterocycles. The van der Waals surface area contributed by atoms with Gasteiger partial charge in [-0.15, -0.1) is 11.8 Å². The van der Waals surface area contributed by atoms with Crippen molar-refractivity contribution in [2.75, 3.05) is 18.8 Å². The number of thioether (sulfide) groups is 1. The minimum atomic E-state index is 0.419. The minimum Gasteiger partial charge on any atom is -0.371 e. The van der Waals surface area contributed by atoms with Gasteiger partial charge in [-0.1, -0.05) is 18.9 Å². The summed E-state index contributed by atoms with van der Waals surface area (Å²) in [5.74, 6) is 1.16. The fourth-order valence-electron chi connectivity index (χ4n) is 4.04. The minimum absolute atomic E-state index is 0.419. The van der Waals surface area contributed by atoms with Crippen LogP contribution in [0.5, 0.6) is 0 Å². The van der Waals surface area contributed by atoms with Gasteiger partial charge in [-0.25, -0.2) is 0 Å². The van der Waals surface area contributed by atoms with Gasteiger partial charge in [-0.2, -0.15) is 0 Å². The predicted molar refractivity (Wildman–Crippen MR) is 86.4 cm³/mol. The van der Waals surface area contributed by atoms with E-state index in [-0.39, 0.29) is 0 Å². The molecule has 0 N–H and O–H groups in total. The Morgan fingerprint density at radius 2 is 2.14 bits per heavy atom. The van der Waals surface area contributed by atoms with Crippen molar-refractivity contribution < 1.29 is 4.74 Å². The van der Waals surface area contributed by atoms with Crippen LogP contribution in [0.15, 0.2) is 24.4 Å². The van der Waals surface area contributed by atoms with E-state index in [0.29, 0.717) is 17.5 Å². The molecule has 1 saturated carbocycles. The van der Waals surface area contributed by atoms with Gasteiger partial charge in [0.05, 0.1) is 18.4 Å². The molecule has 114 valence electrons. The molecule has 0 aromatic carbocycles. The quantitative estimate of drug-likeness (QED) is 0.853. The highest BCUT2D eigenvalue weighted by atomic mass is 32.2. The highest BCUT2D eigenvalue weighted by molar-refractivity contribution is 8.01. The van der Waals surface area contributed by atoms with Crippen molar-refractivity contribution in [2.45, 2.75) is 55.6 Å². The van der Waals surface area contributed by atoms with Crippen molar-refractivity contribution in [3.63, 3.8) is 0 Å². The van der Waals surface area contributed by atoms with Gasteiger partial charge in [0.15, 0.2) is 0 Å². The smallest absolute Gasteiger partial charge is 0.0892 e. The highest BCUT2D eigenvalue weighted by Gasteiger charge is 2.51. The molecule has 1 aromatic heterocycles. The second-order valence-electron chi connectivity index (χ2n) is 6.80. The first kappa shape index (κ1) is 14.0. The molecule has 0 bridgehead atoms. The van der Waals surface area contributed by atoms with Crippen molar-refractivity contribution >= 4 is 11.8 Å². The van der Waals surface area contributed by atoms with Crippen LogP contribution >= 0.6 is 11.8 Å². The lowest BCUT2D eigenvalue weighted by atomic mass is 9.91. The Bertz CT molecular complexity index is 469. The van der Waals surface area contributed by atoms with Crippen LogP contribution in [0.2, 0.25) is 0 Å². The third-order valence-corrected chi connectivity index (χ3v) is 6.77. The van der Waals surface area contributed by atoms with E-state index in [4.69, 9.17) is 4.74 Å². The summed E-state index contributed by atoms with van der Waals surface area (Å²) in [5.41, 5.74) is 1.05. The normalized spacial score (nSPS) is 29.0. The van der Waals surface area contributed by atoms with Crippen LogP contribution in [0.1, 0.15) is 37.8 Å². The van der Waals surface area contributed by atoms with Crippen LogP contribution in [-0.2, 0) is 11.3 Å². The van der Waals surface area contributed by atoms with E-state index in [2.05, 4.69) is 21.6 Å². The number of hydrogen-bond donors (Lipinski definition) is 0. The lowest BCUT2D eigenvalue weighted by Crippen LogP contribution is -2.61. The van der Waals surface area contributed by atoms with Crippen LogP contribution in [0.3, 0.4) is 0 Å². The topological polar surface area (TPSA) is 25.4 Å². The molecule has 3 nitrogen and oxygen atoms in total. The summed E-state index contributed by atoms with van der Waals surface area (Å²) in [7, 11) is 0. The predicted octanol–water partition coefficient (Wildman–Crippen LogP) is 3.10. The van der Waals surface area contributed by atoms with Crippen LogP contribution in [0.25, 0.3) is 0 Å². The average molecular weight is 304 g/mol. The monoisotopic (exact) mass is 304 g/mol. The zero-order valence-electron chi connectivity index (χ0n) is 12.5. The van der Waals surface area contributed by atoms with E-state index in [1.807, 2.05) is 24.4 Å². The number of hydrogen-bond acceptors (Lipinski definition) is 4. The summed E-state index contributed by atoms with van der Waals surface area (Å²) in [6.45, 7) is 3.26. The summed E-state index contributed by atoms with van der Waals surface area (Å²) in [6, 6.07) is 6.92. The fraction of sp³-hybridized carbons (Fsp3) is 0.706. The lowest BCUT2D eigenvalue weighted by molar-refractivity contribution is 0.0157. The van der Waals surface area contributed by atoms with Gasteiger partial charge in [-0.05, 0) is 31.4 Å². The van der Waals surface area contributed by atoms with Gasteiger partial charge in [-0.3, -0.25) is 9.88 Å². The van der Waals surface area contributed by atoms with Crippen LogP contribution in [0, 0.1) is 0 Å². The zero-order valence-corrected chi connectivity index (χ0v) is 13.4. The number of nitrogens with zero attached hydrogens (tertiary/aromatic N) is 2. The molecule has 3 fully saturated rings. The molecule has 3 aliphatic rings. The van der Waals surface area contributed by atoms with Gasteiger partial charge in [0.1, 0.15) is 0 Å². The van der Waals surface area contributed by atoms with E-state index in [1.54, 1.807) is 0 Å². The number of pyridine rings is 1. The summed E-state index contributed by atoms with van der Waals surface area (Å²) in [6.07, 6.45) is 9.24. The average Bonchev–Trinajstić information content (AvgIpc) is 3.14. The maximum absolute atomic E-state index is 6.08. The van der Waals surface area contributed by atoms with Crippen molar-refractivity contribution in [1.82, 2.24) is 9.88 Å². The molecule has 2 saturated heterocycles. The first-order chi connectivity index (χ1) is 10.3. The molecular formula is C17H24N2OS. The summed E-state index contributed by atoms with van der Waals surface area (Å²) in [5, 5.41) is 0. The molecule has 1 atom stereocenters. The molecule has 4 rings (SSSR count). The highest BCUT2D eigenvalue weighted by Crippen LogP contribution is 2.48. The maximum atomic E-state index is 6.08. The summed E-state index contributed by atoms with van der Waals surface area (Å²) < 4.78 is 6.59. The third kappa shape index (κ3) is 2.99. The Morgan fingerprint density at radius 1 is 1.29 bits per heavy atom. The molecule has 21 heavy (non-hydrogen) atoms. The zero-order chi connectivity index (χ0) is 14.1. The Labute approximate surface area is 131 Å². The van der Waals surface area contributed by atoms with Crippen molar-refractivity contribution in [3.05, 3.63) is 30.1 Å². The van der Waals surface area contributed by atoms with E-state index in [9.17, 15) is 0 Å². The van der Waals surface area contributed by atoms with Gasteiger partial charge in [0, 0.05) is 35.8 Å². The summed E-state index contributed by atoms with van der Waals surface area (Å²) >= 11 is 2.15. The SMILES string of the molecule is c1ccc(COC2CSC3(C2)CN(C2CCCC2)C3)nc1. The molecule has 1 unspecified atom stereocenters. The fourth-order valence-corrected chi connectivity index (χ4v) is 5.61. The van der Waals surface area contributed by atoms with Crippen LogP contribution in [-0.4, -0.2) is 45.6 Å². The standard InChI is InChI=1S/C17H24N2OS/c1-2-7-15(6-1)19-12-17(13-19)9-16(11-21-17)20-10-14-5-3-4-8-18-14/h3-5,8,15-16H,1-2,6-7,9-13H2. The lowest BCUT2D eigenvalue weighted by Gasteiger charge is -2.50. The molecule has 4 heteroatoms. The Balaban J connectivity index is 1.24. The molecule has 1 aliphatic carbocycles. The molecule has 1 aromatic rings. The first-order valence-corrected chi connectivity index (χ1v) is 9.21. The molecule has 0 radical (unpaired) electrons. The van der Waals surface area contributed by atoms with Gasteiger partial charge in [0.25, 0.3) is 0 Å². The number of aromatic nitrogens is 1. The molecule has 0 amide bonds. The van der Waals surface area contributed by atoms with E-state index >= 15 is 0 Å². The van der Waals surface area contributed by atoms with Gasteiger partial charge < -0.3 is 4.74 Å². The van der Waals surface area contributed by atoms with E-state index in [0.717, 1.165) is 17.5 Å². The van der Waals surface area contributed by atoms with Crippen molar-refractivity contribution in [1.29, 1.82) is 0 Å². The second-order valence-corrected chi connectivity index (χ2v) is 8.28. The second kappa shape index (κ2) is 5.90. The summed E-state index contributed by atoms with van der Waals surface area (Å²) in [4.78, 5) is 7.06. The molecular weight excluding hydrogens is 280 g/mol. The van der Waals surface area contributed by atoms with Crippen molar-refractivity contribution in [3.8, 4) is 0 Å². The Morgan fingerprint density at radius 3 is 2.90 bits per heavy atom. The number of rotatable bonds is 4. The molecule has 1 spiro atoms. The maximum Gasteiger partial charge on any atom is 0.0892 e. The number of likely N-dealkylation sites (tertiary alicyclic amines) is 1. The van der Waals surface area contributed by atoms with Crippen LogP contribution in [0.4, 0.5) is 0 Å². The Kier molecular flexibility index (Phi) is 3.94. The largest absolute Gasteiger partial charge is 0.371 e. The van der Waals surface area contributed by atoms with Crippen molar-refractivity contribution in [2.24, 2.45) is 0 Å². The van der Waals surface area contributed by atoms with E-state index in [1.165, 1.54) is 45.2 Å². The van der Waals surface area contributed by atoms with Crippen LogP contribution < -0.4 is 0 Å². The number of ether oxygens (including phenoxy) is 1. The van der Waals surface area contributed by atoms with Gasteiger partial charge in [0.2, 0.25) is 0 Å².